The van der Waals surface area contributed by atoms with Gasteiger partial charge in [-0.15, -0.1) is 0 Å². The third kappa shape index (κ3) is 5.15. The average Bonchev–Trinajstić information content (AvgIpc) is 3.19. The zero-order chi connectivity index (χ0) is 22.5. The van der Waals surface area contributed by atoms with Crippen molar-refractivity contribution < 1.29 is 14.3 Å². The van der Waals surface area contributed by atoms with Gasteiger partial charge in [-0.25, -0.2) is 4.98 Å². The fourth-order valence-corrected chi connectivity index (χ4v) is 4.43. The van der Waals surface area contributed by atoms with Crippen LogP contribution in [-0.4, -0.2) is 18.0 Å². The molecule has 32 heavy (non-hydrogen) atoms. The number of anilines is 1. The van der Waals surface area contributed by atoms with Crippen molar-refractivity contribution >= 4 is 38.7 Å². The fourth-order valence-electron chi connectivity index (χ4n) is 3.39. The van der Waals surface area contributed by atoms with Gasteiger partial charge in [0.15, 0.2) is 16.6 Å². The number of fused-ring (bicyclic) bond motifs is 1. The summed E-state index contributed by atoms with van der Waals surface area (Å²) in [6, 6.07) is 19.7. The zero-order valence-electron chi connectivity index (χ0n) is 18.2. The van der Waals surface area contributed by atoms with E-state index in [0.717, 1.165) is 26.9 Å². The molecule has 0 fully saturated rings. The minimum atomic E-state index is -0.234. The monoisotopic (exact) mass is 444 g/mol. The molecule has 0 spiro atoms. The van der Waals surface area contributed by atoms with Crippen molar-refractivity contribution in [1.82, 2.24) is 4.98 Å². The molecule has 0 saturated carbocycles. The number of carbonyl (C=O) groups is 1. The summed E-state index contributed by atoms with van der Waals surface area (Å²) >= 11 is 1.47. The van der Waals surface area contributed by atoms with Crippen LogP contribution < -0.4 is 14.8 Å². The standard InChI is InChI=1S/C26H24N2O3S/c1-17-13-18(2)25-23(14-17)32-26(28-25)27-24(29)12-10-19-9-11-21(22(15-19)30-3)31-16-20-7-5-4-6-8-20/h4-15H,16H2,1-3H3,(H,27,28,29)/b12-10+. The number of rotatable bonds is 7. The Bertz CT molecular complexity index is 1280. The summed E-state index contributed by atoms with van der Waals surface area (Å²) in [5.41, 5.74) is 5.13. The Morgan fingerprint density at radius 2 is 1.88 bits per heavy atom. The molecule has 1 heterocycles. The van der Waals surface area contributed by atoms with Gasteiger partial charge in [0.2, 0.25) is 5.91 Å². The molecule has 5 nitrogen and oxygen atoms in total. The summed E-state index contributed by atoms with van der Waals surface area (Å²) in [6.07, 6.45) is 3.23. The molecule has 0 unspecified atom stereocenters. The summed E-state index contributed by atoms with van der Waals surface area (Å²) in [5, 5.41) is 3.44. The number of benzene rings is 3. The van der Waals surface area contributed by atoms with E-state index in [2.05, 4.69) is 29.4 Å². The zero-order valence-corrected chi connectivity index (χ0v) is 19.0. The molecule has 162 valence electrons. The topological polar surface area (TPSA) is 60.5 Å². The maximum Gasteiger partial charge on any atom is 0.250 e. The van der Waals surface area contributed by atoms with Gasteiger partial charge in [0.05, 0.1) is 17.3 Å². The number of aryl methyl sites for hydroxylation is 2. The van der Waals surface area contributed by atoms with Gasteiger partial charge in [0.1, 0.15) is 6.61 Å². The number of nitrogens with zero attached hydrogens (tertiary/aromatic N) is 1. The first-order valence-corrected chi connectivity index (χ1v) is 11.0. The van der Waals surface area contributed by atoms with Crippen LogP contribution in [0.5, 0.6) is 11.5 Å². The molecular formula is C26H24N2O3S. The number of amides is 1. The molecule has 1 N–H and O–H groups in total. The van der Waals surface area contributed by atoms with Crippen LogP contribution in [0, 0.1) is 13.8 Å². The summed E-state index contributed by atoms with van der Waals surface area (Å²) in [6.45, 7) is 4.54. The fraction of sp³-hybridized carbons (Fsp3) is 0.154. The van der Waals surface area contributed by atoms with E-state index in [-0.39, 0.29) is 5.91 Å². The van der Waals surface area contributed by atoms with Crippen molar-refractivity contribution in [3.05, 3.63) is 89.0 Å². The molecule has 1 aromatic heterocycles. The van der Waals surface area contributed by atoms with Crippen LogP contribution in [0.25, 0.3) is 16.3 Å². The molecule has 4 rings (SSSR count). The van der Waals surface area contributed by atoms with E-state index in [1.807, 2.05) is 55.5 Å². The molecule has 0 aliphatic rings. The average molecular weight is 445 g/mol. The lowest BCUT2D eigenvalue weighted by Gasteiger charge is -2.11. The summed E-state index contributed by atoms with van der Waals surface area (Å²) < 4.78 is 12.4. The molecule has 0 radical (unpaired) electrons. The smallest absolute Gasteiger partial charge is 0.250 e. The Morgan fingerprint density at radius 1 is 1.06 bits per heavy atom. The molecule has 0 saturated heterocycles. The molecule has 1 amide bonds. The third-order valence-electron chi connectivity index (χ3n) is 4.91. The molecule has 3 aromatic carbocycles. The summed E-state index contributed by atoms with van der Waals surface area (Å²) in [5.74, 6) is 1.03. The Hall–Kier alpha value is -3.64. The highest BCUT2D eigenvalue weighted by molar-refractivity contribution is 7.22. The predicted molar refractivity (Wildman–Crippen MR) is 131 cm³/mol. The van der Waals surface area contributed by atoms with Crippen molar-refractivity contribution in [3.8, 4) is 11.5 Å². The van der Waals surface area contributed by atoms with Gasteiger partial charge in [-0.1, -0.05) is 53.8 Å². The van der Waals surface area contributed by atoms with E-state index >= 15 is 0 Å². The lowest BCUT2D eigenvalue weighted by Crippen LogP contribution is -2.07. The number of methoxy groups -OCH3 is 1. The van der Waals surface area contributed by atoms with Crippen LogP contribution in [0.15, 0.2) is 66.7 Å². The minimum absolute atomic E-state index is 0.234. The second-order valence-electron chi connectivity index (χ2n) is 7.45. The van der Waals surface area contributed by atoms with Gasteiger partial charge in [0.25, 0.3) is 0 Å². The predicted octanol–water partition coefficient (Wildman–Crippen LogP) is 6.15. The van der Waals surface area contributed by atoms with Crippen molar-refractivity contribution in [2.75, 3.05) is 12.4 Å². The van der Waals surface area contributed by atoms with Gasteiger partial charge in [-0.05, 0) is 60.4 Å². The molecule has 0 aliphatic heterocycles. The van der Waals surface area contributed by atoms with E-state index in [1.165, 1.54) is 23.0 Å². The van der Waals surface area contributed by atoms with Gasteiger partial charge < -0.3 is 9.47 Å². The van der Waals surface area contributed by atoms with Crippen LogP contribution in [0.2, 0.25) is 0 Å². The maximum absolute atomic E-state index is 12.4. The minimum Gasteiger partial charge on any atom is -0.493 e. The van der Waals surface area contributed by atoms with Gasteiger partial charge in [0, 0.05) is 6.08 Å². The number of hydrogen-bond donors (Lipinski definition) is 1. The van der Waals surface area contributed by atoms with Crippen molar-refractivity contribution in [1.29, 1.82) is 0 Å². The molecule has 0 atom stereocenters. The lowest BCUT2D eigenvalue weighted by atomic mass is 10.1. The number of ether oxygens (including phenoxy) is 2. The normalized spacial score (nSPS) is 11.1. The van der Waals surface area contributed by atoms with E-state index in [9.17, 15) is 4.79 Å². The van der Waals surface area contributed by atoms with Crippen LogP contribution in [0.1, 0.15) is 22.3 Å². The van der Waals surface area contributed by atoms with Gasteiger partial charge in [-0.3, -0.25) is 10.1 Å². The third-order valence-corrected chi connectivity index (χ3v) is 5.83. The van der Waals surface area contributed by atoms with E-state index in [0.29, 0.717) is 23.2 Å². The summed E-state index contributed by atoms with van der Waals surface area (Å²) in [4.78, 5) is 17.0. The Labute approximate surface area is 191 Å². The highest BCUT2D eigenvalue weighted by Gasteiger charge is 2.09. The van der Waals surface area contributed by atoms with Crippen molar-refractivity contribution in [2.45, 2.75) is 20.5 Å². The van der Waals surface area contributed by atoms with E-state index in [1.54, 1.807) is 13.2 Å². The first-order chi connectivity index (χ1) is 15.5. The highest BCUT2D eigenvalue weighted by atomic mass is 32.1. The summed E-state index contributed by atoms with van der Waals surface area (Å²) in [7, 11) is 1.60. The molecule has 0 aliphatic carbocycles. The van der Waals surface area contributed by atoms with Crippen LogP contribution in [0.4, 0.5) is 5.13 Å². The first-order valence-electron chi connectivity index (χ1n) is 10.2. The molecule has 0 bridgehead atoms. The van der Waals surface area contributed by atoms with E-state index < -0.39 is 0 Å². The van der Waals surface area contributed by atoms with Gasteiger partial charge >= 0.3 is 0 Å². The number of thiazole rings is 1. The van der Waals surface area contributed by atoms with Gasteiger partial charge in [-0.2, -0.15) is 0 Å². The number of nitrogens with one attached hydrogen (secondary N) is 1. The maximum atomic E-state index is 12.4. The van der Waals surface area contributed by atoms with Crippen LogP contribution in [-0.2, 0) is 11.4 Å². The second-order valence-corrected chi connectivity index (χ2v) is 8.49. The Balaban J connectivity index is 1.42. The molecular weight excluding hydrogens is 420 g/mol. The highest BCUT2D eigenvalue weighted by Crippen LogP contribution is 2.30. The van der Waals surface area contributed by atoms with Crippen LogP contribution in [0.3, 0.4) is 0 Å². The first kappa shape index (κ1) is 21.6. The number of carbonyl (C=O) groups excluding carboxylic acids is 1. The van der Waals surface area contributed by atoms with Crippen LogP contribution >= 0.6 is 11.3 Å². The van der Waals surface area contributed by atoms with Crippen molar-refractivity contribution in [3.63, 3.8) is 0 Å². The quantitative estimate of drug-likeness (QED) is 0.347. The van der Waals surface area contributed by atoms with Crippen molar-refractivity contribution in [2.24, 2.45) is 0 Å². The van der Waals surface area contributed by atoms with E-state index in [4.69, 9.17) is 9.47 Å². The lowest BCUT2D eigenvalue weighted by molar-refractivity contribution is -0.111. The molecule has 4 aromatic rings. The largest absolute Gasteiger partial charge is 0.493 e. The molecule has 6 heteroatoms. The SMILES string of the molecule is COc1cc(/C=C/C(=O)Nc2nc3c(C)cc(C)cc3s2)ccc1OCc1ccccc1. The Morgan fingerprint density at radius 3 is 2.66 bits per heavy atom. The second kappa shape index (κ2) is 9.66. The number of hydrogen-bond acceptors (Lipinski definition) is 5. The number of aromatic nitrogens is 1. The Kier molecular flexibility index (Phi) is 6.52.